The maximum atomic E-state index is 13.0. The molecule has 108 valence electrons. The predicted octanol–water partition coefficient (Wildman–Crippen LogP) is 2.68. The van der Waals surface area contributed by atoms with E-state index in [-0.39, 0.29) is 5.91 Å². The molecule has 0 aromatic heterocycles. The highest BCUT2D eigenvalue weighted by molar-refractivity contribution is 7.98. The summed E-state index contributed by atoms with van der Waals surface area (Å²) in [5.74, 6) is 0.231. The number of aryl methyl sites for hydroxylation is 1. The van der Waals surface area contributed by atoms with Crippen molar-refractivity contribution in [1.82, 2.24) is 10.2 Å². The number of rotatable bonds is 2. The summed E-state index contributed by atoms with van der Waals surface area (Å²) < 4.78 is 0. The summed E-state index contributed by atoms with van der Waals surface area (Å²) in [4.78, 5) is 16.3. The summed E-state index contributed by atoms with van der Waals surface area (Å²) in [7, 11) is 0. The lowest BCUT2D eigenvalue weighted by Gasteiger charge is -2.28. The van der Waals surface area contributed by atoms with Gasteiger partial charge in [-0.3, -0.25) is 4.79 Å². The van der Waals surface area contributed by atoms with Gasteiger partial charge in [0.15, 0.2) is 0 Å². The Morgan fingerprint density at radius 3 is 2.90 bits per heavy atom. The molecule has 0 radical (unpaired) electrons. The monoisotopic (exact) mass is 290 g/mol. The van der Waals surface area contributed by atoms with Crippen LogP contribution in [0.1, 0.15) is 35.2 Å². The van der Waals surface area contributed by atoms with Gasteiger partial charge in [0, 0.05) is 29.1 Å². The Morgan fingerprint density at radius 1 is 1.30 bits per heavy atom. The molecule has 2 saturated heterocycles. The highest BCUT2D eigenvalue weighted by atomic mass is 32.2. The summed E-state index contributed by atoms with van der Waals surface area (Å²) >= 11 is 1.69. The molecule has 2 unspecified atom stereocenters. The van der Waals surface area contributed by atoms with Gasteiger partial charge in [0.2, 0.25) is 0 Å². The Bertz CT molecular complexity index is 503. The molecule has 2 bridgehead atoms. The van der Waals surface area contributed by atoms with Gasteiger partial charge >= 0.3 is 0 Å². The van der Waals surface area contributed by atoms with Gasteiger partial charge in [-0.2, -0.15) is 0 Å². The third-order valence-electron chi connectivity index (χ3n) is 4.56. The van der Waals surface area contributed by atoms with E-state index in [1.54, 1.807) is 11.8 Å². The first-order valence-electron chi connectivity index (χ1n) is 7.38. The van der Waals surface area contributed by atoms with Gasteiger partial charge in [-0.25, -0.2) is 0 Å². The number of amides is 1. The largest absolute Gasteiger partial charge is 0.331 e. The molecule has 1 aromatic rings. The highest BCUT2D eigenvalue weighted by Crippen LogP contribution is 2.31. The minimum Gasteiger partial charge on any atom is -0.331 e. The van der Waals surface area contributed by atoms with Crippen LogP contribution >= 0.6 is 11.8 Å². The first-order valence-corrected chi connectivity index (χ1v) is 8.61. The van der Waals surface area contributed by atoms with Crippen LogP contribution in [-0.2, 0) is 0 Å². The summed E-state index contributed by atoms with van der Waals surface area (Å²) in [5.41, 5.74) is 1.97. The fourth-order valence-electron chi connectivity index (χ4n) is 3.41. The minimum absolute atomic E-state index is 0.231. The summed E-state index contributed by atoms with van der Waals surface area (Å²) in [6.07, 6.45) is 5.45. The average Bonchev–Trinajstić information content (AvgIpc) is 2.72. The van der Waals surface area contributed by atoms with E-state index in [4.69, 9.17) is 0 Å². The van der Waals surface area contributed by atoms with Gasteiger partial charge in [-0.15, -0.1) is 11.8 Å². The molecule has 3 nitrogen and oxygen atoms in total. The molecule has 0 spiro atoms. The van der Waals surface area contributed by atoms with Crippen molar-refractivity contribution in [3.8, 4) is 0 Å². The van der Waals surface area contributed by atoms with Crippen molar-refractivity contribution in [2.45, 2.75) is 43.2 Å². The van der Waals surface area contributed by atoms with Crippen molar-refractivity contribution >= 4 is 17.7 Å². The fourth-order valence-corrected chi connectivity index (χ4v) is 3.85. The Hall–Kier alpha value is -1.00. The Morgan fingerprint density at radius 2 is 2.10 bits per heavy atom. The zero-order valence-electron chi connectivity index (χ0n) is 12.2. The third kappa shape index (κ3) is 2.47. The number of hydrogen-bond acceptors (Lipinski definition) is 3. The molecule has 4 heteroatoms. The lowest BCUT2D eigenvalue weighted by molar-refractivity contribution is 0.0679. The maximum absolute atomic E-state index is 13.0. The van der Waals surface area contributed by atoms with E-state index in [9.17, 15) is 4.79 Å². The number of carbonyl (C=O) groups is 1. The number of fused-ring (bicyclic) bond motifs is 2. The molecule has 2 heterocycles. The van der Waals surface area contributed by atoms with E-state index in [1.807, 2.05) is 6.92 Å². The Labute approximate surface area is 125 Å². The van der Waals surface area contributed by atoms with Gasteiger partial charge < -0.3 is 10.2 Å². The van der Waals surface area contributed by atoms with Crippen molar-refractivity contribution in [2.24, 2.45) is 0 Å². The minimum atomic E-state index is 0.231. The summed E-state index contributed by atoms with van der Waals surface area (Å²) in [6.45, 7) is 4.02. The SMILES string of the molecule is CSc1ccc(C)c(C(=O)N2C3CCNCC2CC3)c1. The van der Waals surface area contributed by atoms with Crippen molar-refractivity contribution in [2.75, 3.05) is 19.3 Å². The normalized spacial score (nSPS) is 25.6. The van der Waals surface area contributed by atoms with Gasteiger partial charge in [0.1, 0.15) is 0 Å². The standard InChI is InChI=1S/C16H22N2OS/c1-11-3-6-14(20-2)9-15(11)16(19)18-12-4-5-13(18)10-17-8-7-12/h3,6,9,12-13,17H,4-5,7-8,10H2,1-2H3. The van der Waals surface area contributed by atoms with Crippen LogP contribution in [0.25, 0.3) is 0 Å². The third-order valence-corrected chi connectivity index (χ3v) is 5.29. The van der Waals surface area contributed by atoms with Gasteiger partial charge in [-0.1, -0.05) is 6.07 Å². The molecule has 1 amide bonds. The first-order chi connectivity index (χ1) is 9.70. The quantitative estimate of drug-likeness (QED) is 0.850. The van der Waals surface area contributed by atoms with Crippen LogP contribution in [-0.4, -0.2) is 42.2 Å². The second-order valence-electron chi connectivity index (χ2n) is 5.77. The van der Waals surface area contributed by atoms with Gasteiger partial charge in [0.25, 0.3) is 5.91 Å². The lowest BCUT2D eigenvalue weighted by Crippen LogP contribution is -2.42. The van der Waals surface area contributed by atoms with Crippen molar-refractivity contribution < 1.29 is 4.79 Å². The molecular weight excluding hydrogens is 268 g/mol. The van der Waals surface area contributed by atoms with E-state index in [1.165, 1.54) is 11.3 Å². The van der Waals surface area contributed by atoms with Crippen LogP contribution in [0.4, 0.5) is 0 Å². The summed E-state index contributed by atoms with van der Waals surface area (Å²) in [6, 6.07) is 7.03. The Kier molecular flexibility index (Phi) is 4.03. The molecule has 2 aliphatic rings. The van der Waals surface area contributed by atoms with Crippen LogP contribution < -0.4 is 5.32 Å². The molecule has 20 heavy (non-hydrogen) atoms. The molecule has 3 rings (SSSR count). The molecule has 2 fully saturated rings. The number of thioether (sulfide) groups is 1. The number of hydrogen-bond donors (Lipinski definition) is 1. The number of benzene rings is 1. The van der Waals surface area contributed by atoms with Crippen molar-refractivity contribution in [3.63, 3.8) is 0 Å². The van der Waals surface area contributed by atoms with Crippen LogP contribution in [0.3, 0.4) is 0 Å². The van der Waals surface area contributed by atoms with Crippen molar-refractivity contribution in [3.05, 3.63) is 29.3 Å². The lowest BCUT2D eigenvalue weighted by atomic mass is 10.1. The maximum Gasteiger partial charge on any atom is 0.254 e. The first kappa shape index (κ1) is 14.0. The number of nitrogens with one attached hydrogen (secondary N) is 1. The Balaban J connectivity index is 1.92. The molecule has 0 saturated carbocycles. The second kappa shape index (κ2) is 5.78. The second-order valence-corrected chi connectivity index (χ2v) is 6.65. The fraction of sp³-hybridized carbons (Fsp3) is 0.562. The van der Waals surface area contributed by atoms with Crippen LogP contribution in [0.15, 0.2) is 23.1 Å². The molecule has 1 N–H and O–H groups in total. The highest BCUT2D eigenvalue weighted by Gasteiger charge is 2.38. The molecule has 2 aliphatic heterocycles. The van der Waals surface area contributed by atoms with Crippen LogP contribution in [0.5, 0.6) is 0 Å². The zero-order chi connectivity index (χ0) is 14.1. The average molecular weight is 290 g/mol. The molecule has 1 aromatic carbocycles. The van der Waals surface area contributed by atoms with E-state index < -0.39 is 0 Å². The molecule has 0 aliphatic carbocycles. The van der Waals surface area contributed by atoms with E-state index in [0.717, 1.165) is 37.1 Å². The topological polar surface area (TPSA) is 32.3 Å². The smallest absolute Gasteiger partial charge is 0.254 e. The van der Waals surface area contributed by atoms with E-state index in [2.05, 4.69) is 34.7 Å². The predicted molar refractivity (Wildman–Crippen MR) is 83.4 cm³/mol. The van der Waals surface area contributed by atoms with E-state index in [0.29, 0.717) is 12.1 Å². The van der Waals surface area contributed by atoms with Crippen molar-refractivity contribution in [1.29, 1.82) is 0 Å². The van der Waals surface area contributed by atoms with Crippen LogP contribution in [0, 0.1) is 6.92 Å². The van der Waals surface area contributed by atoms with Gasteiger partial charge in [-0.05, 0) is 56.7 Å². The van der Waals surface area contributed by atoms with E-state index >= 15 is 0 Å². The molecular formula is C16H22N2OS. The van der Waals surface area contributed by atoms with Crippen LogP contribution in [0.2, 0.25) is 0 Å². The molecule has 2 atom stereocenters. The number of carbonyl (C=O) groups excluding carboxylic acids is 1. The zero-order valence-corrected chi connectivity index (χ0v) is 13.0. The van der Waals surface area contributed by atoms with Gasteiger partial charge in [0.05, 0.1) is 0 Å². The number of nitrogens with zero attached hydrogens (tertiary/aromatic N) is 1. The summed E-state index contributed by atoms with van der Waals surface area (Å²) in [5, 5.41) is 3.45.